The van der Waals surface area contributed by atoms with Gasteiger partial charge in [0.2, 0.25) is 0 Å². The lowest BCUT2D eigenvalue weighted by molar-refractivity contribution is -0.0973. The van der Waals surface area contributed by atoms with Gasteiger partial charge in [0.25, 0.3) is 0 Å². The Morgan fingerprint density at radius 2 is 1.62 bits per heavy atom. The highest BCUT2D eigenvalue weighted by atomic mass is 16.7. The molecule has 0 saturated carbocycles. The highest BCUT2D eigenvalue weighted by molar-refractivity contribution is 5.90. The smallest absolute Gasteiger partial charge is 0.322 e. The Kier molecular flexibility index (Phi) is 5.18. The Balaban J connectivity index is 1.43. The second-order valence-corrected chi connectivity index (χ2v) is 6.74. The molecule has 0 aromatic heterocycles. The summed E-state index contributed by atoms with van der Waals surface area (Å²) >= 11 is 0. The molecule has 2 heterocycles. The monoisotopic (exact) mass is 352 g/mol. The first-order chi connectivity index (χ1) is 12.8. The predicted molar refractivity (Wildman–Crippen MR) is 101 cm³/mol. The summed E-state index contributed by atoms with van der Waals surface area (Å²) in [5.74, 6) is 0. The van der Waals surface area contributed by atoms with Crippen molar-refractivity contribution in [3.05, 3.63) is 54.6 Å². The van der Waals surface area contributed by atoms with Crippen molar-refractivity contribution in [2.45, 2.75) is 31.6 Å². The third kappa shape index (κ3) is 3.74. The Hall–Kier alpha value is -2.37. The minimum Gasteiger partial charge on any atom is -0.348 e. The Morgan fingerprint density at radius 1 is 0.923 bits per heavy atom. The molecule has 5 nitrogen and oxygen atoms in total. The topological polar surface area (TPSA) is 50.8 Å². The quantitative estimate of drug-likeness (QED) is 0.904. The normalized spacial score (nSPS) is 20.9. The van der Waals surface area contributed by atoms with Crippen LogP contribution in [-0.4, -0.2) is 43.0 Å². The van der Waals surface area contributed by atoms with Crippen LogP contribution in [0.4, 0.5) is 10.5 Å². The number of amides is 2. The second-order valence-electron chi connectivity index (χ2n) is 6.74. The van der Waals surface area contributed by atoms with E-state index in [0.717, 1.165) is 42.6 Å². The van der Waals surface area contributed by atoms with Gasteiger partial charge in [0, 0.05) is 12.2 Å². The maximum Gasteiger partial charge on any atom is 0.322 e. The van der Waals surface area contributed by atoms with Crippen molar-refractivity contribution in [2.24, 2.45) is 0 Å². The molecule has 2 aliphatic rings. The van der Waals surface area contributed by atoms with Gasteiger partial charge < -0.3 is 19.7 Å². The fraction of sp³-hybridized carbons (Fsp3) is 0.381. The molecule has 2 amide bonds. The number of benzene rings is 2. The highest BCUT2D eigenvalue weighted by Crippen LogP contribution is 2.26. The van der Waals surface area contributed by atoms with Crippen molar-refractivity contribution in [2.75, 3.05) is 25.1 Å². The van der Waals surface area contributed by atoms with E-state index in [1.165, 1.54) is 0 Å². The van der Waals surface area contributed by atoms with E-state index in [9.17, 15) is 4.79 Å². The molecule has 2 aromatic carbocycles. The summed E-state index contributed by atoms with van der Waals surface area (Å²) < 4.78 is 11.3. The van der Waals surface area contributed by atoms with Crippen molar-refractivity contribution in [1.29, 1.82) is 0 Å². The average Bonchev–Trinajstić information content (AvgIpc) is 3.24. The van der Waals surface area contributed by atoms with Gasteiger partial charge >= 0.3 is 6.03 Å². The first-order valence-corrected chi connectivity index (χ1v) is 9.27. The second kappa shape index (κ2) is 7.89. The van der Waals surface area contributed by atoms with E-state index in [4.69, 9.17) is 9.47 Å². The van der Waals surface area contributed by atoms with Crippen LogP contribution in [0.5, 0.6) is 0 Å². The van der Waals surface area contributed by atoms with Gasteiger partial charge in [-0.05, 0) is 42.5 Å². The van der Waals surface area contributed by atoms with Gasteiger partial charge in [0.15, 0.2) is 6.29 Å². The van der Waals surface area contributed by atoms with E-state index in [2.05, 4.69) is 17.4 Å². The van der Waals surface area contributed by atoms with Gasteiger partial charge in [-0.1, -0.05) is 42.5 Å². The van der Waals surface area contributed by atoms with Crippen LogP contribution in [0.1, 0.15) is 19.3 Å². The molecule has 0 radical (unpaired) electrons. The summed E-state index contributed by atoms with van der Waals surface area (Å²) in [4.78, 5) is 14.7. The van der Waals surface area contributed by atoms with E-state index in [0.29, 0.717) is 13.2 Å². The largest absolute Gasteiger partial charge is 0.348 e. The van der Waals surface area contributed by atoms with Gasteiger partial charge in [-0.25, -0.2) is 4.79 Å². The number of urea groups is 1. The zero-order chi connectivity index (χ0) is 17.8. The minimum absolute atomic E-state index is 0.00478. The van der Waals surface area contributed by atoms with Gasteiger partial charge in [-0.15, -0.1) is 0 Å². The van der Waals surface area contributed by atoms with E-state index in [1.54, 1.807) is 0 Å². The van der Waals surface area contributed by atoms with Crippen LogP contribution in [0.2, 0.25) is 0 Å². The molecule has 2 fully saturated rings. The van der Waals surface area contributed by atoms with Crippen LogP contribution in [0.25, 0.3) is 11.1 Å². The first kappa shape index (κ1) is 17.1. The zero-order valence-electron chi connectivity index (χ0n) is 14.8. The molecule has 0 spiro atoms. The predicted octanol–water partition coefficient (Wildman–Crippen LogP) is 4.11. The van der Waals surface area contributed by atoms with Gasteiger partial charge in [-0.3, -0.25) is 0 Å². The maximum atomic E-state index is 12.8. The van der Waals surface area contributed by atoms with Gasteiger partial charge in [-0.2, -0.15) is 0 Å². The lowest BCUT2D eigenvalue weighted by Crippen LogP contribution is -2.51. The van der Waals surface area contributed by atoms with Gasteiger partial charge in [0.1, 0.15) is 0 Å². The summed E-state index contributed by atoms with van der Waals surface area (Å²) in [7, 11) is 0. The number of anilines is 1. The molecule has 2 aromatic rings. The number of carbonyl (C=O) groups excluding carboxylic acids is 1. The molecule has 1 unspecified atom stereocenters. The molecule has 0 aliphatic carbocycles. The molecule has 1 atom stereocenters. The summed E-state index contributed by atoms with van der Waals surface area (Å²) in [6.07, 6.45) is 2.75. The summed E-state index contributed by atoms with van der Waals surface area (Å²) in [5.41, 5.74) is 3.09. The molecule has 1 N–H and O–H groups in total. The van der Waals surface area contributed by atoms with E-state index in [1.807, 2.05) is 47.4 Å². The molecule has 2 aliphatic heterocycles. The number of piperidine rings is 1. The summed E-state index contributed by atoms with van der Waals surface area (Å²) in [5, 5.41) is 3.02. The lowest BCUT2D eigenvalue weighted by atomic mass is 10.0. The maximum absolute atomic E-state index is 12.8. The standard InChI is InChI=1S/C21H24N2O3/c24-21(23-13-5-4-8-19(23)20-25-14-15-26-20)22-18-11-9-17(10-12-18)16-6-2-1-3-7-16/h1-3,6-7,9-12,19-20H,4-5,8,13-15H2,(H,22,24). The minimum atomic E-state index is -0.290. The number of likely N-dealkylation sites (tertiary alicyclic amines) is 1. The van der Waals surface area contributed by atoms with Crippen molar-refractivity contribution in [3.8, 4) is 11.1 Å². The van der Waals surface area contributed by atoms with Crippen LogP contribution in [0, 0.1) is 0 Å². The molecule has 4 rings (SSSR count). The summed E-state index contributed by atoms with van der Waals surface area (Å²) in [6, 6.07) is 18.1. The van der Waals surface area contributed by atoms with Crippen LogP contribution >= 0.6 is 0 Å². The fourth-order valence-electron chi connectivity index (χ4n) is 3.66. The van der Waals surface area contributed by atoms with Crippen LogP contribution in [0.3, 0.4) is 0 Å². The van der Waals surface area contributed by atoms with Crippen LogP contribution in [-0.2, 0) is 9.47 Å². The van der Waals surface area contributed by atoms with Crippen LogP contribution in [0.15, 0.2) is 54.6 Å². The molecule has 26 heavy (non-hydrogen) atoms. The van der Waals surface area contributed by atoms with Crippen molar-refractivity contribution in [1.82, 2.24) is 4.90 Å². The molecule has 5 heteroatoms. The van der Waals surface area contributed by atoms with E-state index in [-0.39, 0.29) is 18.4 Å². The third-order valence-corrected chi connectivity index (χ3v) is 5.02. The SMILES string of the molecule is O=C(Nc1ccc(-c2ccccc2)cc1)N1CCCCC1C1OCCO1. The number of carbonyl (C=O) groups is 1. The van der Waals surface area contributed by atoms with E-state index >= 15 is 0 Å². The Bertz CT molecular complexity index is 727. The number of ether oxygens (including phenoxy) is 2. The fourth-order valence-corrected chi connectivity index (χ4v) is 3.66. The number of hydrogen-bond donors (Lipinski definition) is 1. The molecular weight excluding hydrogens is 328 g/mol. The van der Waals surface area contributed by atoms with Crippen LogP contribution < -0.4 is 5.32 Å². The van der Waals surface area contributed by atoms with Crippen molar-refractivity contribution < 1.29 is 14.3 Å². The molecule has 0 bridgehead atoms. The number of nitrogens with zero attached hydrogens (tertiary/aromatic N) is 1. The zero-order valence-corrected chi connectivity index (χ0v) is 14.8. The highest BCUT2D eigenvalue weighted by Gasteiger charge is 2.36. The Morgan fingerprint density at radius 3 is 2.35 bits per heavy atom. The molecule has 2 saturated heterocycles. The lowest BCUT2D eigenvalue weighted by Gasteiger charge is -2.37. The Labute approximate surface area is 153 Å². The van der Waals surface area contributed by atoms with Gasteiger partial charge in [0.05, 0.1) is 19.3 Å². The number of rotatable bonds is 3. The molecular formula is C21H24N2O3. The third-order valence-electron chi connectivity index (χ3n) is 5.02. The first-order valence-electron chi connectivity index (χ1n) is 9.27. The van der Waals surface area contributed by atoms with Crippen molar-refractivity contribution >= 4 is 11.7 Å². The van der Waals surface area contributed by atoms with E-state index < -0.39 is 0 Å². The number of nitrogens with one attached hydrogen (secondary N) is 1. The molecule has 136 valence electrons. The summed E-state index contributed by atoms with van der Waals surface area (Å²) in [6.45, 7) is 1.96. The number of hydrogen-bond acceptors (Lipinski definition) is 3. The average molecular weight is 352 g/mol. The van der Waals surface area contributed by atoms with Crippen molar-refractivity contribution in [3.63, 3.8) is 0 Å².